The third-order valence-electron chi connectivity index (χ3n) is 3.21. The maximum Gasteiger partial charge on any atom is 0.332 e. The van der Waals surface area contributed by atoms with E-state index in [1.807, 2.05) is 48.5 Å². The minimum Gasteiger partial charge on any atom is -0.676 e. The summed E-state index contributed by atoms with van der Waals surface area (Å²) in [7, 11) is 0. The number of hydrogen-bond donors (Lipinski definition) is 1. The minimum atomic E-state index is -0.470. The zero-order valence-corrected chi connectivity index (χ0v) is 32.1. The Morgan fingerprint density at radius 3 is 1.40 bits per heavy atom. The number of ether oxygens (including phenoxy) is 6. The van der Waals surface area contributed by atoms with Crippen molar-refractivity contribution in [1.82, 2.24) is 0 Å². The largest absolute Gasteiger partial charge is 0.676 e. The molecule has 0 aromatic carbocycles. The van der Waals surface area contributed by atoms with Crippen LogP contribution in [0.25, 0.3) is 5.73 Å². The molecule has 0 rings (SSSR count). The molecule has 0 aromatic heterocycles. The second-order valence-electron chi connectivity index (χ2n) is 11.0. The summed E-state index contributed by atoms with van der Waals surface area (Å²) in [4.78, 5) is 32.9. The van der Waals surface area contributed by atoms with E-state index >= 15 is 0 Å². The van der Waals surface area contributed by atoms with Crippen LogP contribution in [0.1, 0.15) is 88.5 Å². The molecule has 0 bridgehead atoms. The first kappa shape index (κ1) is 49.3. The Hall–Kier alpha value is -0.413. The molecule has 13 heteroatoms. The molecular formula is C27H54NO10W2-. The quantitative estimate of drug-likeness (QED) is 0.152. The van der Waals surface area contributed by atoms with Gasteiger partial charge in [0.05, 0.1) is 39.3 Å². The van der Waals surface area contributed by atoms with Crippen LogP contribution in [0.15, 0.2) is 0 Å². The van der Waals surface area contributed by atoms with Crippen LogP contribution in [0.3, 0.4) is 0 Å². The smallest absolute Gasteiger partial charge is 0.332 e. The van der Waals surface area contributed by atoms with Crippen molar-refractivity contribution in [3.8, 4) is 0 Å². The normalized spacial score (nSPS) is 10.8. The second kappa shape index (κ2) is 28.7. The van der Waals surface area contributed by atoms with Gasteiger partial charge in [0, 0.05) is 55.3 Å². The van der Waals surface area contributed by atoms with Crippen molar-refractivity contribution in [2.24, 2.45) is 0 Å². The van der Waals surface area contributed by atoms with Gasteiger partial charge in [0.2, 0.25) is 0 Å². The van der Waals surface area contributed by atoms with Crippen molar-refractivity contribution in [3.63, 3.8) is 0 Å². The van der Waals surface area contributed by atoms with Crippen molar-refractivity contribution < 1.29 is 90.0 Å². The molecule has 0 aromatic rings. The Balaban J connectivity index is -0.000000152. The molecule has 0 aliphatic rings. The van der Waals surface area contributed by atoms with Crippen LogP contribution in [-0.2, 0) is 84.9 Å². The first-order valence-corrected chi connectivity index (χ1v) is 13.0. The van der Waals surface area contributed by atoms with E-state index in [4.69, 9.17) is 39.3 Å². The third-order valence-corrected chi connectivity index (χ3v) is 3.21. The summed E-state index contributed by atoms with van der Waals surface area (Å²) in [5, 5.41) is 8.33. The molecule has 0 fully saturated rings. The summed E-state index contributed by atoms with van der Waals surface area (Å²) in [6.07, 6.45) is 1.41. The fourth-order valence-corrected chi connectivity index (χ4v) is 2.10. The van der Waals surface area contributed by atoms with Gasteiger partial charge in [0.15, 0.2) is 0 Å². The summed E-state index contributed by atoms with van der Waals surface area (Å²) in [6, 6.07) is 0. The minimum absolute atomic E-state index is 0. The first-order valence-electron chi connectivity index (χ1n) is 13.0. The van der Waals surface area contributed by atoms with Crippen LogP contribution >= 0.6 is 0 Å². The van der Waals surface area contributed by atoms with Crippen LogP contribution in [0.4, 0.5) is 0 Å². The van der Waals surface area contributed by atoms with Gasteiger partial charge < -0.3 is 39.3 Å². The van der Waals surface area contributed by atoms with Crippen molar-refractivity contribution in [1.29, 1.82) is 0 Å². The summed E-state index contributed by atoms with van der Waals surface area (Å²) in [6.45, 7) is 20.8. The molecule has 0 aliphatic carbocycles. The van der Waals surface area contributed by atoms with E-state index in [9.17, 15) is 14.4 Å². The van der Waals surface area contributed by atoms with Crippen LogP contribution in [0.5, 0.6) is 0 Å². The molecule has 0 unspecified atom stereocenters. The van der Waals surface area contributed by atoms with Gasteiger partial charge in [-0.1, -0.05) is 6.92 Å². The zero-order valence-electron chi connectivity index (χ0n) is 26.2. The number of hydrogen-bond acceptors (Lipinski definition) is 10. The number of carbonyl (C=O) groups excluding carboxylic acids is 3. The van der Waals surface area contributed by atoms with Crippen molar-refractivity contribution in [3.05, 3.63) is 5.73 Å². The Labute approximate surface area is 270 Å². The molecule has 240 valence electrons. The zero-order chi connectivity index (χ0) is 30.3. The van der Waals surface area contributed by atoms with Crippen LogP contribution < -0.4 is 0 Å². The summed E-state index contributed by atoms with van der Waals surface area (Å²) < 4.78 is 30.2. The number of aliphatic hydroxyl groups excluding tert-OH is 1. The number of carbonyl (C=O) groups is 3. The van der Waals surface area contributed by atoms with Crippen LogP contribution in [0, 0.1) is 0 Å². The van der Waals surface area contributed by atoms with Crippen molar-refractivity contribution in [2.75, 3.05) is 52.8 Å². The van der Waals surface area contributed by atoms with Crippen LogP contribution in [0.2, 0.25) is 0 Å². The average Bonchev–Trinajstić information content (AvgIpc) is 2.71. The number of esters is 3. The maximum atomic E-state index is 11.1. The fourth-order valence-electron chi connectivity index (χ4n) is 2.10. The average molecular weight is 920 g/mol. The van der Waals surface area contributed by atoms with E-state index in [2.05, 4.69) is 0 Å². The van der Waals surface area contributed by atoms with E-state index in [0.717, 1.165) is 6.42 Å². The molecule has 0 saturated heterocycles. The molecule has 0 aliphatic heterocycles. The van der Waals surface area contributed by atoms with E-state index < -0.39 is 11.2 Å². The predicted molar refractivity (Wildman–Crippen MR) is 146 cm³/mol. The Kier molecular flexibility index (Phi) is 35.3. The Morgan fingerprint density at radius 2 is 1.00 bits per heavy atom. The fraction of sp³-hybridized carbons (Fsp3) is 0.889. The number of aliphatic hydroxyl groups is 1. The molecule has 0 radical (unpaired) electrons. The van der Waals surface area contributed by atoms with Gasteiger partial charge in [0.25, 0.3) is 0 Å². The van der Waals surface area contributed by atoms with E-state index in [0.29, 0.717) is 39.5 Å². The van der Waals surface area contributed by atoms with Gasteiger partial charge >= 0.3 is 17.9 Å². The van der Waals surface area contributed by atoms with E-state index in [-0.39, 0.29) is 91.8 Å². The topological polar surface area (TPSA) is 151 Å². The van der Waals surface area contributed by atoms with Gasteiger partial charge in [-0.2, -0.15) is 0 Å². The van der Waals surface area contributed by atoms with Gasteiger partial charge in [-0.3, -0.25) is 9.59 Å². The van der Waals surface area contributed by atoms with Gasteiger partial charge in [-0.15, -0.1) is 6.54 Å². The monoisotopic (exact) mass is 920 g/mol. The van der Waals surface area contributed by atoms with Gasteiger partial charge in [-0.05, 0) is 68.7 Å². The van der Waals surface area contributed by atoms with Crippen molar-refractivity contribution in [2.45, 2.75) is 105 Å². The number of rotatable bonds is 14. The van der Waals surface area contributed by atoms with E-state index in [1.54, 1.807) is 20.8 Å². The maximum absolute atomic E-state index is 11.1. The summed E-state index contributed by atoms with van der Waals surface area (Å²) in [5.41, 5.74) is 5.51. The van der Waals surface area contributed by atoms with Gasteiger partial charge in [0.1, 0.15) is 23.4 Å². The number of nitrogens with one attached hydrogen (secondary N) is 1. The van der Waals surface area contributed by atoms with Crippen LogP contribution in [-0.4, -0.2) is 92.6 Å². The summed E-state index contributed by atoms with van der Waals surface area (Å²) in [5.74, 6) is -0.915. The molecule has 40 heavy (non-hydrogen) atoms. The molecule has 0 saturated carbocycles. The molecule has 2 N–H and O–H groups in total. The summed E-state index contributed by atoms with van der Waals surface area (Å²) >= 11 is 0. The SMILES string of the molecule is CC(C)(C)OC(=O)CCO.CC(C)(C)OC(=O)COCCOCC[NH-].CCCOCCC(=O)OC(C)(C)C.[W].[W]. The predicted octanol–water partition coefficient (Wildman–Crippen LogP) is 4.26. The second-order valence-corrected chi connectivity index (χ2v) is 11.0. The standard InChI is InChI=1S/C10H20NO4.C10H20O3.C7H14O3.2W/c1-10(2,3)15-9(12)8-14-7-6-13-5-4-11;1-5-7-12-8-6-9(11)13-10(2,3)4;1-7(2,3)10-6(9)4-5-8;;/h11H,4-8H2,1-3H3;5-8H2,1-4H3;8H,4-5H2,1-3H3;;/q-1;;;;. The molecule has 11 nitrogen and oxygen atoms in total. The Morgan fingerprint density at radius 1 is 0.600 bits per heavy atom. The van der Waals surface area contributed by atoms with E-state index in [1.165, 1.54) is 0 Å². The van der Waals surface area contributed by atoms with Crippen molar-refractivity contribution >= 4 is 17.9 Å². The third kappa shape index (κ3) is 50.4. The first-order chi connectivity index (χ1) is 17.4. The molecule has 0 amide bonds. The molecule has 0 heterocycles. The molecule has 0 atom stereocenters. The van der Waals surface area contributed by atoms with Gasteiger partial charge in [-0.25, -0.2) is 4.79 Å². The Bertz CT molecular complexity index is 616. The molecule has 0 spiro atoms. The molecular weight excluding hydrogens is 866 g/mol.